The lowest BCUT2D eigenvalue weighted by Crippen LogP contribution is -2.39. The van der Waals surface area contributed by atoms with E-state index in [1.165, 1.54) is 0 Å². The Labute approximate surface area is 133 Å². The maximum absolute atomic E-state index is 11.6. The number of rotatable bonds is 4. The van der Waals surface area contributed by atoms with Gasteiger partial charge < -0.3 is 5.11 Å². The predicted molar refractivity (Wildman–Crippen MR) is 84.0 cm³/mol. The molecule has 3 nitrogen and oxygen atoms in total. The highest BCUT2D eigenvalue weighted by Gasteiger charge is 2.46. The van der Waals surface area contributed by atoms with Crippen LogP contribution in [0.2, 0.25) is 5.02 Å². The van der Waals surface area contributed by atoms with Gasteiger partial charge in [-0.1, -0.05) is 31.5 Å². The van der Waals surface area contributed by atoms with E-state index in [-0.39, 0.29) is 5.92 Å². The Morgan fingerprint density at radius 1 is 1.55 bits per heavy atom. The molecule has 2 rings (SSSR count). The van der Waals surface area contributed by atoms with E-state index in [2.05, 4.69) is 20.8 Å². The zero-order chi connectivity index (χ0) is 14.9. The average Bonchev–Trinajstić information content (AvgIpc) is 2.79. The van der Waals surface area contributed by atoms with Crippen LogP contribution in [0.1, 0.15) is 25.8 Å². The fourth-order valence-corrected chi connectivity index (χ4v) is 3.29. The molecule has 0 spiro atoms. The molecular formula is C15H19BrClNO2. The lowest BCUT2D eigenvalue weighted by molar-refractivity contribution is -0.151. The maximum Gasteiger partial charge on any atom is 0.311 e. The van der Waals surface area contributed by atoms with E-state index < -0.39 is 11.4 Å². The van der Waals surface area contributed by atoms with E-state index in [4.69, 9.17) is 11.6 Å². The third kappa shape index (κ3) is 3.02. The summed E-state index contributed by atoms with van der Waals surface area (Å²) in [6, 6.07) is 5.88. The third-order valence-electron chi connectivity index (χ3n) is 4.30. The minimum atomic E-state index is -0.677. The van der Waals surface area contributed by atoms with Crippen molar-refractivity contribution in [2.24, 2.45) is 11.3 Å². The topological polar surface area (TPSA) is 40.5 Å². The highest BCUT2D eigenvalue weighted by molar-refractivity contribution is 9.10. The van der Waals surface area contributed by atoms with E-state index >= 15 is 0 Å². The number of benzene rings is 1. The summed E-state index contributed by atoms with van der Waals surface area (Å²) < 4.78 is 0.881. The van der Waals surface area contributed by atoms with Gasteiger partial charge in [-0.3, -0.25) is 9.69 Å². The van der Waals surface area contributed by atoms with Crippen molar-refractivity contribution in [1.82, 2.24) is 4.90 Å². The Morgan fingerprint density at radius 3 is 2.75 bits per heavy atom. The Hall–Kier alpha value is -0.580. The summed E-state index contributed by atoms with van der Waals surface area (Å²) in [6.45, 7) is 6.16. The van der Waals surface area contributed by atoms with Crippen molar-refractivity contribution >= 4 is 33.5 Å². The summed E-state index contributed by atoms with van der Waals surface area (Å²) in [4.78, 5) is 13.8. The number of nitrogens with zero attached hydrogens (tertiary/aromatic N) is 1. The van der Waals surface area contributed by atoms with Crippen molar-refractivity contribution in [1.29, 1.82) is 0 Å². The van der Waals surface area contributed by atoms with E-state index in [1.54, 1.807) is 0 Å². The molecule has 1 unspecified atom stereocenters. The van der Waals surface area contributed by atoms with Crippen LogP contribution >= 0.6 is 27.5 Å². The van der Waals surface area contributed by atoms with Crippen LogP contribution in [0.25, 0.3) is 0 Å². The summed E-state index contributed by atoms with van der Waals surface area (Å²) in [5, 5.41) is 10.2. The molecule has 0 amide bonds. The Balaban J connectivity index is 2.09. The molecule has 1 aromatic carbocycles. The van der Waals surface area contributed by atoms with Crippen molar-refractivity contribution in [3.63, 3.8) is 0 Å². The predicted octanol–water partition coefficient (Wildman–Crippen LogP) is 4.04. The Morgan fingerprint density at radius 2 is 2.25 bits per heavy atom. The van der Waals surface area contributed by atoms with Crippen LogP contribution in [-0.4, -0.2) is 29.1 Å². The molecule has 1 saturated heterocycles. The molecule has 1 atom stereocenters. The van der Waals surface area contributed by atoms with Gasteiger partial charge in [0.2, 0.25) is 0 Å². The van der Waals surface area contributed by atoms with Gasteiger partial charge in [0.1, 0.15) is 0 Å². The number of aliphatic carboxylic acids is 1. The molecule has 1 aliphatic heterocycles. The Kier molecular flexibility index (Phi) is 4.77. The molecule has 1 heterocycles. The first kappa shape index (κ1) is 15.8. The zero-order valence-corrected chi connectivity index (χ0v) is 14.0. The second kappa shape index (κ2) is 6.04. The quantitative estimate of drug-likeness (QED) is 0.881. The van der Waals surface area contributed by atoms with E-state index in [0.29, 0.717) is 18.0 Å². The van der Waals surface area contributed by atoms with Gasteiger partial charge in [-0.05, 0) is 52.5 Å². The summed E-state index contributed by atoms with van der Waals surface area (Å²) in [5.74, 6) is -0.539. The maximum atomic E-state index is 11.6. The van der Waals surface area contributed by atoms with Gasteiger partial charge in [0, 0.05) is 17.6 Å². The largest absolute Gasteiger partial charge is 0.481 e. The van der Waals surface area contributed by atoms with Crippen LogP contribution in [0, 0.1) is 11.3 Å². The number of hydrogen-bond donors (Lipinski definition) is 1. The first-order valence-corrected chi connectivity index (χ1v) is 7.92. The van der Waals surface area contributed by atoms with Gasteiger partial charge in [0.15, 0.2) is 0 Å². The molecule has 1 N–H and O–H groups in total. The molecule has 0 aliphatic carbocycles. The van der Waals surface area contributed by atoms with Gasteiger partial charge in [0.05, 0.1) is 10.4 Å². The summed E-state index contributed by atoms with van der Waals surface area (Å²) >= 11 is 9.47. The van der Waals surface area contributed by atoms with Gasteiger partial charge >= 0.3 is 5.97 Å². The van der Waals surface area contributed by atoms with Crippen LogP contribution in [-0.2, 0) is 11.3 Å². The van der Waals surface area contributed by atoms with E-state index in [9.17, 15) is 9.90 Å². The van der Waals surface area contributed by atoms with Crippen molar-refractivity contribution in [2.75, 3.05) is 13.1 Å². The smallest absolute Gasteiger partial charge is 0.311 e. The molecule has 1 aliphatic rings. The monoisotopic (exact) mass is 359 g/mol. The average molecular weight is 361 g/mol. The highest BCUT2D eigenvalue weighted by Crippen LogP contribution is 2.38. The number of halogens is 2. The lowest BCUT2D eigenvalue weighted by Gasteiger charge is -2.28. The minimum Gasteiger partial charge on any atom is -0.481 e. The molecule has 0 aromatic heterocycles. The van der Waals surface area contributed by atoms with Crippen molar-refractivity contribution in [3.05, 3.63) is 33.3 Å². The molecule has 0 radical (unpaired) electrons. The molecule has 20 heavy (non-hydrogen) atoms. The number of likely N-dealkylation sites (tertiary alicyclic amines) is 1. The van der Waals surface area contributed by atoms with Gasteiger partial charge in [-0.25, -0.2) is 0 Å². The normalized spacial score (nSPS) is 23.4. The second-order valence-corrected chi connectivity index (χ2v) is 7.09. The molecule has 110 valence electrons. The highest BCUT2D eigenvalue weighted by atomic mass is 79.9. The number of carbonyl (C=O) groups is 1. The standard InChI is InChI=1S/C15H19BrClNO2/c1-10(2)15(14(19)20)5-6-18(9-15)8-11-3-4-12(16)13(17)7-11/h3-4,7,10H,5-6,8-9H2,1-2H3,(H,19,20). The van der Waals surface area contributed by atoms with Crippen LogP contribution in [0.15, 0.2) is 22.7 Å². The van der Waals surface area contributed by atoms with E-state index in [0.717, 1.165) is 23.1 Å². The molecule has 1 aromatic rings. The number of hydrogen-bond acceptors (Lipinski definition) is 2. The summed E-state index contributed by atoms with van der Waals surface area (Å²) in [5.41, 5.74) is 0.502. The number of carboxylic acid groups (broad SMARTS) is 1. The molecule has 0 saturated carbocycles. The van der Waals surface area contributed by atoms with Crippen LogP contribution in [0.3, 0.4) is 0 Å². The summed E-state index contributed by atoms with van der Waals surface area (Å²) in [7, 11) is 0. The van der Waals surface area contributed by atoms with Gasteiger partial charge in [-0.2, -0.15) is 0 Å². The number of carboxylic acids is 1. The van der Waals surface area contributed by atoms with Gasteiger partial charge in [-0.15, -0.1) is 0 Å². The first-order valence-electron chi connectivity index (χ1n) is 6.75. The van der Waals surface area contributed by atoms with Crippen molar-refractivity contribution < 1.29 is 9.90 Å². The molecular weight excluding hydrogens is 342 g/mol. The van der Waals surface area contributed by atoms with E-state index in [1.807, 2.05) is 32.0 Å². The molecule has 1 fully saturated rings. The zero-order valence-electron chi connectivity index (χ0n) is 11.7. The fourth-order valence-electron chi connectivity index (χ4n) is 2.84. The summed E-state index contributed by atoms with van der Waals surface area (Å²) in [6.07, 6.45) is 0.713. The van der Waals surface area contributed by atoms with Gasteiger partial charge in [0.25, 0.3) is 0 Å². The first-order chi connectivity index (χ1) is 9.35. The second-order valence-electron chi connectivity index (χ2n) is 5.83. The van der Waals surface area contributed by atoms with Crippen LogP contribution in [0.5, 0.6) is 0 Å². The minimum absolute atomic E-state index is 0.138. The lowest BCUT2D eigenvalue weighted by atomic mass is 9.76. The molecule has 0 bridgehead atoms. The van der Waals surface area contributed by atoms with Crippen LogP contribution < -0.4 is 0 Å². The van der Waals surface area contributed by atoms with Crippen molar-refractivity contribution in [2.45, 2.75) is 26.8 Å². The SMILES string of the molecule is CC(C)C1(C(=O)O)CCN(Cc2ccc(Br)c(Cl)c2)C1. The molecule has 5 heteroatoms. The van der Waals surface area contributed by atoms with Crippen molar-refractivity contribution in [3.8, 4) is 0 Å². The fraction of sp³-hybridized carbons (Fsp3) is 0.533. The van der Waals surface area contributed by atoms with Crippen LogP contribution in [0.4, 0.5) is 0 Å². The Bertz CT molecular complexity index is 521. The third-order valence-corrected chi connectivity index (χ3v) is 5.53.